The molecule has 3 aromatic rings. The zero-order valence-electron chi connectivity index (χ0n) is 14.5. The van der Waals surface area contributed by atoms with E-state index in [1.54, 1.807) is 18.3 Å². The predicted molar refractivity (Wildman–Crippen MR) is 102 cm³/mol. The fraction of sp³-hybridized carbons (Fsp3) is 0.150. The van der Waals surface area contributed by atoms with Gasteiger partial charge >= 0.3 is 0 Å². The topological polar surface area (TPSA) is 79.2 Å². The molecule has 0 unspecified atom stereocenters. The quantitative estimate of drug-likeness (QED) is 0.530. The first-order valence-corrected chi connectivity index (χ1v) is 8.37. The number of para-hydroxylation sites is 1. The van der Waals surface area contributed by atoms with Crippen LogP contribution in [0.3, 0.4) is 0 Å². The Morgan fingerprint density at radius 2 is 1.77 bits per heavy atom. The summed E-state index contributed by atoms with van der Waals surface area (Å²) in [5.41, 5.74) is 2.50. The summed E-state index contributed by atoms with van der Waals surface area (Å²) < 4.78 is 1.49. The van der Waals surface area contributed by atoms with Crippen molar-refractivity contribution in [2.24, 2.45) is 4.99 Å². The first-order valence-electron chi connectivity index (χ1n) is 8.37. The van der Waals surface area contributed by atoms with Crippen LogP contribution in [0.2, 0.25) is 0 Å². The van der Waals surface area contributed by atoms with Crippen LogP contribution in [0.15, 0.2) is 70.5 Å². The molecule has 0 saturated heterocycles. The van der Waals surface area contributed by atoms with Gasteiger partial charge < -0.3 is 5.32 Å². The fourth-order valence-electron chi connectivity index (χ4n) is 2.55. The summed E-state index contributed by atoms with van der Waals surface area (Å²) in [4.78, 5) is 28.7. The molecule has 0 fully saturated rings. The maximum atomic E-state index is 12.5. The summed E-state index contributed by atoms with van der Waals surface area (Å²) in [6.07, 6.45) is 1.56. The van der Waals surface area contributed by atoms with Crippen molar-refractivity contribution in [3.05, 3.63) is 87.8 Å². The number of hydrogen-bond donors (Lipinski definition) is 2. The largest absolute Gasteiger partial charge is 0.350 e. The number of hydrogen-bond acceptors (Lipinski definition) is 3. The van der Waals surface area contributed by atoms with Gasteiger partial charge in [0.05, 0.1) is 17.8 Å². The van der Waals surface area contributed by atoms with Crippen LogP contribution >= 0.6 is 0 Å². The van der Waals surface area contributed by atoms with E-state index in [1.807, 2.05) is 55.5 Å². The van der Waals surface area contributed by atoms with E-state index in [9.17, 15) is 9.59 Å². The lowest BCUT2D eigenvalue weighted by atomic mass is 10.2. The number of rotatable bonds is 6. The molecular formula is C20H20N4O2. The minimum atomic E-state index is -0.147. The zero-order valence-corrected chi connectivity index (χ0v) is 14.5. The van der Waals surface area contributed by atoms with Gasteiger partial charge in [-0.2, -0.15) is 0 Å². The Balaban J connectivity index is 1.60. The molecule has 3 rings (SSSR count). The maximum absolute atomic E-state index is 12.5. The standard InChI is InChI=1S/C20H20N4O2/c1-15-18(20(26)24(23-15)17-10-6-3-7-11-17)14-21-12-13-22-19(25)16-8-4-2-5-9-16/h2-11,14,23H,12-13H2,1H3,(H,22,25). The summed E-state index contributed by atoms with van der Waals surface area (Å²) in [5, 5.41) is 5.85. The van der Waals surface area contributed by atoms with Crippen LogP contribution in [0.1, 0.15) is 21.6 Å². The third-order valence-electron chi connectivity index (χ3n) is 3.91. The molecule has 2 aromatic carbocycles. The van der Waals surface area contributed by atoms with Crippen LogP contribution in [0.25, 0.3) is 5.69 Å². The van der Waals surface area contributed by atoms with Crippen molar-refractivity contribution in [2.45, 2.75) is 6.92 Å². The normalized spacial score (nSPS) is 11.0. The van der Waals surface area contributed by atoms with E-state index in [-0.39, 0.29) is 11.5 Å². The highest BCUT2D eigenvalue weighted by molar-refractivity contribution is 5.94. The molecule has 1 heterocycles. The Labute approximate surface area is 151 Å². The molecule has 0 aliphatic heterocycles. The molecule has 0 aliphatic rings. The van der Waals surface area contributed by atoms with Crippen molar-refractivity contribution >= 4 is 12.1 Å². The number of aromatic nitrogens is 2. The molecule has 0 atom stereocenters. The van der Waals surface area contributed by atoms with Crippen LogP contribution in [-0.2, 0) is 0 Å². The second-order valence-electron chi connectivity index (χ2n) is 5.78. The molecule has 132 valence electrons. The SMILES string of the molecule is Cc1[nH]n(-c2ccccc2)c(=O)c1C=NCCNC(=O)c1ccccc1. The number of carbonyl (C=O) groups excluding carboxylic acids is 1. The number of nitrogens with one attached hydrogen (secondary N) is 2. The van der Waals surface area contributed by atoms with Gasteiger partial charge in [-0.25, -0.2) is 4.68 Å². The number of aliphatic imine (C=N–C) groups is 1. The third kappa shape index (κ3) is 3.97. The van der Waals surface area contributed by atoms with Gasteiger partial charge in [0, 0.05) is 24.0 Å². The molecule has 0 saturated carbocycles. The summed E-state index contributed by atoms with van der Waals surface area (Å²) in [6, 6.07) is 18.4. The van der Waals surface area contributed by atoms with Crippen molar-refractivity contribution < 1.29 is 4.79 Å². The van der Waals surface area contributed by atoms with E-state index < -0.39 is 0 Å². The van der Waals surface area contributed by atoms with Crippen molar-refractivity contribution in [3.8, 4) is 5.69 Å². The number of nitrogens with zero attached hydrogens (tertiary/aromatic N) is 2. The van der Waals surface area contributed by atoms with Crippen LogP contribution in [0.4, 0.5) is 0 Å². The second-order valence-corrected chi connectivity index (χ2v) is 5.78. The van der Waals surface area contributed by atoms with E-state index in [2.05, 4.69) is 15.4 Å². The van der Waals surface area contributed by atoms with Gasteiger partial charge in [-0.15, -0.1) is 0 Å². The lowest BCUT2D eigenvalue weighted by molar-refractivity contribution is 0.0955. The fourth-order valence-corrected chi connectivity index (χ4v) is 2.55. The number of aryl methyl sites for hydroxylation is 1. The molecule has 6 heteroatoms. The van der Waals surface area contributed by atoms with E-state index in [0.29, 0.717) is 24.2 Å². The highest BCUT2D eigenvalue weighted by atomic mass is 16.1. The molecular weight excluding hydrogens is 328 g/mol. The number of amides is 1. The Morgan fingerprint density at radius 3 is 2.46 bits per heavy atom. The first kappa shape index (κ1) is 17.4. The van der Waals surface area contributed by atoms with Crippen molar-refractivity contribution in [2.75, 3.05) is 13.1 Å². The van der Waals surface area contributed by atoms with E-state index >= 15 is 0 Å². The molecule has 0 radical (unpaired) electrons. The summed E-state index contributed by atoms with van der Waals surface area (Å²) in [7, 11) is 0. The highest BCUT2D eigenvalue weighted by Crippen LogP contribution is 2.05. The molecule has 26 heavy (non-hydrogen) atoms. The summed E-state index contributed by atoms with van der Waals surface area (Å²) >= 11 is 0. The van der Waals surface area contributed by atoms with Crippen molar-refractivity contribution in [1.82, 2.24) is 15.1 Å². The Bertz CT molecular complexity index is 956. The molecule has 6 nitrogen and oxygen atoms in total. The van der Waals surface area contributed by atoms with Crippen LogP contribution in [-0.4, -0.2) is 35.0 Å². The Kier molecular flexibility index (Phi) is 5.43. The predicted octanol–water partition coefficient (Wildman–Crippen LogP) is 2.32. The average Bonchev–Trinajstić information content (AvgIpc) is 2.97. The number of aromatic amines is 1. The molecule has 0 bridgehead atoms. The second kappa shape index (κ2) is 8.11. The first-order chi connectivity index (χ1) is 12.7. The Morgan fingerprint density at radius 1 is 1.12 bits per heavy atom. The number of benzene rings is 2. The van der Waals surface area contributed by atoms with Crippen LogP contribution in [0, 0.1) is 6.92 Å². The van der Waals surface area contributed by atoms with Gasteiger partial charge in [-0.3, -0.25) is 19.7 Å². The Hall–Kier alpha value is -3.41. The van der Waals surface area contributed by atoms with Crippen LogP contribution in [0.5, 0.6) is 0 Å². The van der Waals surface area contributed by atoms with Gasteiger partial charge in [0.25, 0.3) is 11.5 Å². The summed E-state index contributed by atoms with van der Waals surface area (Å²) in [6.45, 7) is 2.63. The van der Waals surface area contributed by atoms with Gasteiger partial charge in [0.2, 0.25) is 0 Å². The molecule has 1 aromatic heterocycles. The van der Waals surface area contributed by atoms with Gasteiger partial charge in [-0.05, 0) is 31.2 Å². The number of carbonyl (C=O) groups is 1. The van der Waals surface area contributed by atoms with Gasteiger partial charge in [-0.1, -0.05) is 36.4 Å². The van der Waals surface area contributed by atoms with E-state index in [1.165, 1.54) is 4.68 Å². The smallest absolute Gasteiger partial charge is 0.280 e. The number of H-pyrrole nitrogens is 1. The monoisotopic (exact) mass is 348 g/mol. The summed E-state index contributed by atoms with van der Waals surface area (Å²) in [5.74, 6) is -0.134. The molecule has 1 amide bonds. The average molecular weight is 348 g/mol. The molecule has 0 aliphatic carbocycles. The van der Waals surface area contributed by atoms with Gasteiger partial charge in [0.15, 0.2) is 0 Å². The third-order valence-corrected chi connectivity index (χ3v) is 3.91. The minimum Gasteiger partial charge on any atom is -0.350 e. The molecule has 2 N–H and O–H groups in total. The van der Waals surface area contributed by atoms with Crippen LogP contribution < -0.4 is 10.9 Å². The van der Waals surface area contributed by atoms with E-state index in [4.69, 9.17) is 0 Å². The lowest BCUT2D eigenvalue weighted by Crippen LogP contribution is -2.26. The van der Waals surface area contributed by atoms with Crippen molar-refractivity contribution in [1.29, 1.82) is 0 Å². The van der Waals surface area contributed by atoms with E-state index in [0.717, 1.165) is 11.4 Å². The zero-order chi connectivity index (χ0) is 18.4. The lowest BCUT2D eigenvalue weighted by Gasteiger charge is -2.02. The maximum Gasteiger partial charge on any atom is 0.280 e. The highest BCUT2D eigenvalue weighted by Gasteiger charge is 2.10. The van der Waals surface area contributed by atoms with Crippen molar-refractivity contribution in [3.63, 3.8) is 0 Å². The molecule has 0 spiro atoms. The minimum absolute atomic E-state index is 0.134. The van der Waals surface area contributed by atoms with Gasteiger partial charge in [0.1, 0.15) is 0 Å².